The van der Waals surface area contributed by atoms with Crippen molar-refractivity contribution in [2.24, 2.45) is 0 Å². The van der Waals surface area contributed by atoms with Crippen LogP contribution in [-0.2, 0) is 10.0 Å². The van der Waals surface area contributed by atoms with Gasteiger partial charge < -0.3 is 4.90 Å². The van der Waals surface area contributed by atoms with Crippen LogP contribution in [-0.4, -0.2) is 39.5 Å². The summed E-state index contributed by atoms with van der Waals surface area (Å²) in [7, 11) is 0.200. The van der Waals surface area contributed by atoms with Gasteiger partial charge in [-0.1, -0.05) is 6.07 Å². The molecule has 0 aliphatic rings. The Hall–Kier alpha value is -1.42. The Morgan fingerprint density at radius 2 is 2.00 bits per heavy atom. The van der Waals surface area contributed by atoms with E-state index in [0.717, 1.165) is 0 Å². The first-order chi connectivity index (χ1) is 8.69. The highest BCUT2D eigenvalue weighted by molar-refractivity contribution is 7.89. The summed E-state index contributed by atoms with van der Waals surface area (Å²) in [6.07, 6.45) is 0. The summed E-state index contributed by atoms with van der Waals surface area (Å²) in [6, 6.07) is 7.91. The number of rotatable bonds is 5. The Morgan fingerprint density at radius 3 is 2.53 bits per heavy atom. The van der Waals surface area contributed by atoms with Crippen LogP contribution in [0.25, 0.3) is 0 Å². The maximum absolute atomic E-state index is 12.1. The summed E-state index contributed by atoms with van der Waals surface area (Å²) in [5.74, 6) is 0. The molecular weight excluding hydrogens is 262 g/mol. The number of benzene rings is 1. The minimum atomic E-state index is -3.59. The first-order valence-corrected chi connectivity index (χ1v) is 7.34. The zero-order valence-electron chi connectivity index (χ0n) is 11.6. The van der Waals surface area contributed by atoms with Gasteiger partial charge in [0, 0.05) is 12.1 Å². The topological polar surface area (TPSA) is 73.2 Å². The molecule has 19 heavy (non-hydrogen) atoms. The van der Waals surface area contributed by atoms with E-state index in [1.165, 1.54) is 12.1 Å². The molecule has 0 aromatic heterocycles. The summed E-state index contributed by atoms with van der Waals surface area (Å²) in [5, 5.41) is 8.79. The van der Waals surface area contributed by atoms with Gasteiger partial charge in [-0.2, -0.15) is 5.26 Å². The second kappa shape index (κ2) is 5.70. The largest absolute Gasteiger partial charge is 0.303 e. The van der Waals surface area contributed by atoms with Crippen LogP contribution in [0.4, 0.5) is 0 Å². The van der Waals surface area contributed by atoms with Gasteiger partial charge in [0.25, 0.3) is 0 Å². The van der Waals surface area contributed by atoms with Crippen LogP contribution in [0.15, 0.2) is 29.2 Å². The second-order valence-corrected chi connectivity index (χ2v) is 6.94. The molecule has 0 spiro atoms. The average Bonchev–Trinajstić information content (AvgIpc) is 2.36. The molecule has 1 N–H and O–H groups in total. The van der Waals surface area contributed by atoms with Gasteiger partial charge in [-0.15, -0.1) is 0 Å². The molecule has 6 heteroatoms. The Bertz CT molecular complexity index is 586. The summed E-state index contributed by atoms with van der Waals surface area (Å²) < 4.78 is 26.8. The molecule has 0 radical (unpaired) electrons. The van der Waals surface area contributed by atoms with Crippen molar-refractivity contribution < 1.29 is 8.42 Å². The summed E-state index contributed by atoms with van der Waals surface area (Å²) >= 11 is 0. The van der Waals surface area contributed by atoms with E-state index in [0.29, 0.717) is 12.1 Å². The second-order valence-electron chi connectivity index (χ2n) is 5.17. The number of nitrogens with zero attached hydrogens (tertiary/aromatic N) is 2. The van der Waals surface area contributed by atoms with E-state index in [1.54, 1.807) is 12.1 Å². The molecule has 0 aliphatic heterocycles. The third kappa shape index (κ3) is 4.03. The lowest BCUT2D eigenvalue weighted by molar-refractivity contribution is 0.199. The average molecular weight is 281 g/mol. The number of hydrogen-bond acceptors (Lipinski definition) is 4. The van der Waals surface area contributed by atoms with Crippen molar-refractivity contribution in [3.05, 3.63) is 29.8 Å². The molecule has 0 atom stereocenters. The molecule has 1 aromatic rings. The van der Waals surface area contributed by atoms with Gasteiger partial charge in [-0.25, -0.2) is 13.1 Å². The Labute approximate surface area is 114 Å². The Balaban J connectivity index is 2.91. The summed E-state index contributed by atoms with van der Waals surface area (Å²) in [4.78, 5) is 2.06. The zero-order chi connectivity index (χ0) is 14.7. The summed E-state index contributed by atoms with van der Waals surface area (Å²) in [5.41, 5.74) is 0.0367. The zero-order valence-corrected chi connectivity index (χ0v) is 12.5. The number of likely N-dealkylation sites (N-methyl/N-ethyl adjacent to an activating group) is 1. The quantitative estimate of drug-likeness (QED) is 0.879. The molecule has 1 rings (SSSR count). The molecule has 0 fully saturated rings. The van der Waals surface area contributed by atoms with E-state index in [4.69, 9.17) is 5.26 Å². The highest BCUT2D eigenvalue weighted by atomic mass is 32.2. The van der Waals surface area contributed by atoms with Gasteiger partial charge in [0.2, 0.25) is 10.0 Å². The molecule has 0 heterocycles. The van der Waals surface area contributed by atoms with Crippen molar-refractivity contribution in [2.75, 3.05) is 20.6 Å². The van der Waals surface area contributed by atoms with Crippen LogP contribution in [0.5, 0.6) is 0 Å². The van der Waals surface area contributed by atoms with E-state index >= 15 is 0 Å². The van der Waals surface area contributed by atoms with Gasteiger partial charge in [0.15, 0.2) is 0 Å². The molecule has 0 saturated carbocycles. The van der Waals surface area contributed by atoms with Crippen LogP contribution in [0.3, 0.4) is 0 Å². The first kappa shape index (κ1) is 15.6. The van der Waals surface area contributed by atoms with Crippen LogP contribution < -0.4 is 4.72 Å². The molecule has 0 bridgehead atoms. The number of nitriles is 1. The highest BCUT2D eigenvalue weighted by Crippen LogP contribution is 2.13. The molecule has 0 saturated heterocycles. The van der Waals surface area contributed by atoms with E-state index < -0.39 is 10.0 Å². The minimum Gasteiger partial charge on any atom is -0.303 e. The van der Waals surface area contributed by atoms with E-state index in [1.807, 2.05) is 38.9 Å². The van der Waals surface area contributed by atoms with Crippen molar-refractivity contribution in [1.82, 2.24) is 9.62 Å². The molecule has 0 aliphatic carbocycles. The van der Waals surface area contributed by atoms with Gasteiger partial charge in [0.05, 0.1) is 16.5 Å². The van der Waals surface area contributed by atoms with Crippen molar-refractivity contribution in [2.45, 2.75) is 24.3 Å². The molecule has 104 valence electrons. The van der Waals surface area contributed by atoms with E-state index in [-0.39, 0.29) is 10.4 Å². The van der Waals surface area contributed by atoms with Crippen LogP contribution in [0, 0.1) is 11.3 Å². The molecule has 0 unspecified atom stereocenters. The van der Waals surface area contributed by atoms with Gasteiger partial charge >= 0.3 is 0 Å². The van der Waals surface area contributed by atoms with Gasteiger partial charge in [-0.05, 0) is 46.1 Å². The summed E-state index contributed by atoms with van der Waals surface area (Å²) in [6.45, 7) is 4.18. The van der Waals surface area contributed by atoms with Gasteiger partial charge in [0.1, 0.15) is 0 Å². The smallest absolute Gasteiger partial charge is 0.240 e. The highest BCUT2D eigenvalue weighted by Gasteiger charge is 2.24. The van der Waals surface area contributed by atoms with Gasteiger partial charge in [-0.3, -0.25) is 0 Å². The molecule has 0 amide bonds. The van der Waals surface area contributed by atoms with Crippen LogP contribution in [0.2, 0.25) is 0 Å². The Kier molecular flexibility index (Phi) is 4.69. The standard InChI is InChI=1S/C13H19N3O2S/c1-13(2,16(3)4)10-15-19(17,18)12-7-5-6-11(8-12)9-14/h5-8,15H,10H2,1-4H3. The predicted molar refractivity (Wildman–Crippen MR) is 74.1 cm³/mol. The van der Waals surface area contributed by atoms with E-state index in [2.05, 4.69) is 4.72 Å². The van der Waals surface area contributed by atoms with Crippen molar-refractivity contribution >= 4 is 10.0 Å². The lowest BCUT2D eigenvalue weighted by Crippen LogP contribution is -2.48. The van der Waals surface area contributed by atoms with E-state index in [9.17, 15) is 8.42 Å². The van der Waals surface area contributed by atoms with Crippen LogP contribution in [0.1, 0.15) is 19.4 Å². The fourth-order valence-electron chi connectivity index (χ4n) is 1.25. The third-order valence-electron chi connectivity index (χ3n) is 3.18. The SMILES string of the molecule is CN(C)C(C)(C)CNS(=O)(=O)c1cccc(C#N)c1. The Morgan fingerprint density at radius 1 is 1.37 bits per heavy atom. The lowest BCUT2D eigenvalue weighted by atomic mass is 10.1. The maximum atomic E-state index is 12.1. The fourth-order valence-corrected chi connectivity index (χ4v) is 2.50. The van der Waals surface area contributed by atoms with Crippen LogP contribution >= 0.6 is 0 Å². The van der Waals surface area contributed by atoms with Crippen molar-refractivity contribution in [1.29, 1.82) is 5.26 Å². The minimum absolute atomic E-state index is 0.112. The monoisotopic (exact) mass is 281 g/mol. The fraction of sp³-hybridized carbons (Fsp3) is 0.462. The molecule has 5 nitrogen and oxygen atoms in total. The van der Waals surface area contributed by atoms with Crippen molar-refractivity contribution in [3.8, 4) is 6.07 Å². The predicted octanol–water partition coefficient (Wildman–Crippen LogP) is 1.18. The normalized spacial score (nSPS) is 12.4. The molecule has 1 aromatic carbocycles. The molecular formula is C13H19N3O2S. The third-order valence-corrected chi connectivity index (χ3v) is 4.58. The first-order valence-electron chi connectivity index (χ1n) is 5.86. The lowest BCUT2D eigenvalue weighted by Gasteiger charge is -2.32. The maximum Gasteiger partial charge on any atom is 0.240 e. The van der Waals surface area contributed by atoms with Crippen molar-refractivity contribution in [3.63, 3.8) is 0 Å². The number of sulfonamides is 1. The number of hydrogen-bond donors (Lipinski definition) is 1. The number of nitrogens with one attached hydrogen (secondary N) is 1.